The summed E-state index contributed by atoms with van der Waals surface area (Å²) in [4.78, 5) is 4.76. The van der Waals surface area contributed by atoms with Gasteiger partial charge in [0.15, 0.2) is 5.65 Å². The first-order valence-corrected chi connectivity index (χ1v) is 10.3. The fourth-order valence-corrected chi connectivity index (χ4v) is 3.95. The van der Waals surface area contributed by atoms with Gasteiger partial charge in [0, 0.05) is 26.7 Å². The minimum absolute atomic E-state index is 0.484. The molecule has 148 valence electrons. The summed E-state index contributed by atoms with van der Waals surface area (Å²) in [5, 5.41) is 19.9. The number of aromatic nitrogens is 3. The van der Waals surface area contributed by atoms with Crippen LogP contribution in [0, 0.1) is 11.3 Å². The monoisotopic (exact) mass is 440 g/mol. The summed E-state index contributed by atoms with van der Waals surface area (Å²) in [5.41, 5.74) is 5.79. The third-order valence-electron chi connectivity index (χ3n) is 5.13. The Hall–Kier alpha value is -3.65. The molecule has 2 heterocycles. The first-order chi connectivity index (χ1) is 15.2. The smallest absolute Gasteiger partial charge is 0.182 e. The third-order valence-corrected chi connectivity index (χ3v) is 5.63. The number of hydrogen-bond acceptors (Lipinski definition) is 3. The van der Waals surface area contributed by atoms with Gasteiger partial charge in [-0.3, -0.25) is 5.10 Å². The topological polar surface area (TPSA) is 65.4 Å². The zero-order valence-electron chi connectivity index (χ0n) is 16.1. The molecule has 3 aromatic carbocycles. The van der Waals surface area contributed by atoms with E-state index in [0.29, 0.717) is 26.9 Å². The number of pyridine rings is 1. The van der Waals surface area contributed by atoms with Gasteiger partial charge in [-0.15, -0.1) is 0 Å². The molecule has 5 aromatic rings. The van der Waals surface area contributed by atoms with Gasteiger partial charge in [0.05, 0.1) is 22.3 Å². The van der Waals surface area contributed by atoms with E-state index in [1.807, 2.05) is 66.7 Å². The Balaban J connectivity index is 1.88. The average molecular weight is 441 g/mol. The van der Waals surface area contributed by atoms with E-state index in [-0.39, 0.29) is 0 Å². The number of hydrogen-bond donors (Lipinski definition) is 1. The molecule has 0 aliphatic carbocycles. The first-order valence-electron chi connectivity index (χ1n) is 9.55. The number of aromatic amines is 1. The van der Waals surface area contributed by atoms with Crippen LogP contribution in [-0.2, 0) is 0 Å². The zero-order valence-corrected chi connectivity index (χ0v) is 17.6. The van der Waals surface area contributed by atoms with Crippen molar-refractivity contribution in [3.8, 4) is 39.7 Å². The van der Waals surface area contributed by atoms with Gasteiger partial charge < -0.3 is 0 Å². The molecule has 0 atom stereocenters. The molecular weight excluding hydrogens is 427 g/mol. The lowest BCUT2D eigenvalue weighted by atomic mass is 9.92. The van der Waals surface area contributed by atoms with E-state index in [1.54, 1.807) is 12.1 Å². The number of nitrogens with zero attached hydrogens (tertiary/aromatic N) is 3. The zero-order chi connectivity index (χ0) is 21.4. The van der Waals surface area contributed by atoms with E-state index in [2.05, 4.69) is 16.3 Å². The van der Waals surface area contributed by atoms with Crippen LogP contribution in [0.15, 0.2) is 78.9 Å². The largest absolute Gasteiger partial charge is 0.275 e. The molecule has 0 saturated carbocycles. The molecule has 0 amide bonds. The molecule has 0 bridgehead atoms. The van der Waals surface area contributed by atoms with E-state index >= 15 is 0 Å². The van der Waals surface area contributed by atoms with Gasteiger partial charge in [0.25, 0.3) is 0 Å². The number of nitrogens with one attached hydrogen (secondary N) is 1. The highest BCUT2D eigenvalue weighted by Gasteiger charge is 2.22. The van der Waals surface area contributed by atoms with Crippen LogP contribution in [0.5, 0.6) is 0 Å². The molecule has 0 unspecified atom stereocenters. The lowest BCUT2D eigenvalue weighted by molar-refractivity contribution is 1.10. The molecule has 31 heavy (non-hydrogen) atoms. The second kappa shape index (κ2) is 7.88. The predicted molar refractivity (Wildman–Crippen MR) is 125 cm³/mol. The summed E-state index contributed by atoms with van der Waals surface area (Å²) >= 11 is 12.1. The van der Waals surface area contributed by atoms with Gasteiger partial charge >= 0.3 is 0 Å². The standard InChI is InChI=1S/C25H14Cl2N4/c26-18-10-6-16(7-11-18)23-20(14-28)21(15-4-2-1-3-5-15)22-24(30-31-25(22)29-23)17-8-12-19(27)13-9-17/h1-13H,(H,29,30,31). The Morgan fingerprint density at radius 3 is 1.97 bits per heavy atom. The van der Waals surface area contributed by atoms with Gasteiger partial charge in [-0.1, -0.05) is 77.8 Å². The van der Waals surface area contributed by atoms with Crippen molar-refractivity contribution in [1.82, 2.24) is 15.2 Å². The highest BCUT2D eigenvalue weighted by atomic mass is 35.5. The molecule has 0 aliphatic heterocycles. The Labute approximate surface area is 188 Å². The van der Waals surface area contributed by atoms with Crippen molar-refractivity contribution < 1.29 is 0 Å². The average Bonchev–Trinajstić information content (AvgIpc) is 3.23. The first kappa shape index (κ1) is 19.3. The summed E-state index contributed by atoms with van der Waals surface area (Å²) in [6.07, 6.45) is 0. The number of rotatable bonds is 3. The number of benzene rings is 3. The summed E-state index contributed by atoms with van der Waals surface area (Å²) in [7, 11) is 0. The highest BCUT2D eigenvalue weighted by Crippen LogP contribution is 2.40. The number of H-pyrrole nitrogens is 1. The van der Waals surface area contributed by atoms with Crippen molar-refractivity contribution in [2.24, 2.45) is 0 Å². The van der Waals surface area contributed by atoms with Crippen LogP contribution >= 0.6 is 23.2 Å². The van der Waals surface area contributed by atoms with E-state index in [1.165, 1.54) is 0 Å². The molecule has 0 aliphatic rings. The fraction of sp³-hybridized carbons (Fsp3) is 0. The van der Waals surface area contributed by atoms with Crippen molar-refractivity contribution in [2.75, 3.05) is 0 Å². The Morgan fingerprint density at radius 1 is 0.742 bits per heavy atom. The minimum Gasteiger partial charge on any atom is -0.275 e. The van der Waals surface area contributed by atoms with Gasteiger partial charge in [-0.25, -0.2) is 4.98 Å². The molecule has 0 saturated heterocycles. The lowest BCUT2D eigenvalue weighted by Gasteiger charge is -2.12. The van der Waals surface area contributed by atoms with E-state index < -0.39 is 0 Å². The number of halogens is 2. The van der Waals surface area contributed by atoms with E-state index in [0.717, 1.165) is 33.3 Å². The van der Waals surface area contributed by atoms with Crippen molar-refractivity contribution in [1.29, 1.82) is 5.26 Å². The molecule has 4 nitrogen and oxygen atoms in total. The quantitative estimate of drug-likeness (QED) is 0.324. The van der Waals surface area contributed by atoms with Gasteiger partial charge in [0.1, 0.15) is 6.07 Å². The Kier molecular flexibility index (Phi) is 4.91. The van der Waals surface area contributed by atoms with Crippen LogP contribution in [0.2, 0.25) is 10.0 Å². The molecule has 1 N–H and O–H groups in total. The normalized spacial score (nSPS) is 10.9. The molecule has 5 rings (SSSR count). The van der Waals surface area contributed by atoms with Crippen LogP contribution in [0.1, 0.15) is 5.56 Å². The maximum atomic E-state index is 10.2. The van der Waals surface area contributed by atoms with Crippen LogP contribution in [0.25, 0.3) is 44.7 Å². The molecule has 0 fully saturated rings. The van der Waals surface area contributed by atoms with Crippen molar-refractivity contribution in [3.63, 3.8) is 0 Å². The van der Waals surface area contributed by atoms with Gasteiger partial charge in [-0.05, 0) is 29.8 Å². The Morgan fingerprint density at radius 2 is 1.35 bits per heavy atom. The lowest BCUT2D eigenvalue weighted by Crippen LogP contribution is -1.96. The summed E-state index contributed by atoms with van der Waals surface area (Å²) in [5.74, 6) is 0. The minimum atomic E-state index is 0.484. The highest BCUT2D eigenvalue weighted by molar-refractivity contribution is 6.31. The SMILES string of the molecule is N#Cc1c(-c2ccc(Cl)cc2)nc2n[nH]c(-c3ccc(Cl)cc3)c2c1-c1ccccc1. The predicted octanol–water partition coefficient (Wildman–Crippen LogP) is 7.14. The van der Waals surface area contributed by atoms with E-state index in [4.69, 9.17) is 28.2 Å². The van der Waals surface area contributed by atoms with Gasteiger partial charge in [-0.2, -0.15) is 10.4 Å². The summed E-state index contributed by atoms with van der Waals surface area (Å²) < 4.78 is 0. The van der Waals surface area contributed by atoms with E-state index in [9.17, 15) is 5.26 Å². The van der Waals surface area contributed by atoms with Crippen molar-refractivity contribution in [3.05, 3.63) is 94.5 Å². The molecule has 2 aromatic heterocycles. The molecule has 0 spiro atoms. The molecule has 0 radical (unpaired) electrons. The second-order valence-corrected chi connectivity index (χ2v) is 7.87. The van der Waals surface area contributed by atoms with Gasteiger partial charge in [0.2, 0.25) is 0 Å². The van der Waals surface area contributed by atoms with Crippen LogP contribution in [0.4, 0.5) is 0 Å². The Bertz CT molecular complexity index is 1430. The van der Waals surface area contributed by atoms with Crippen molar-refractivity contribution >= 4 is 34.2 Å². The maximum absolute atomic E-state index is 10.2. The molecular formula is C25H14Cl2N4. The summed E-state index contributed by atoms with van der Waals surface area (Å²) in [6.45, 7) is 0. The second-order valence-electron chi connectivity index (χ2n) is 7.00. The summed E-state index contributed by atoms with van der Waals surface area (Å²) in [6, 6.07) is 27.0. The molecule has 6 heteroatoms. The number of nitriles is 1. The fourth-order valence-electron chi connectivity index (χ4n) is 3.70. The third kappa shape index (κ3) is 3.44. The maximum Gasteiger partial charge on any atom is 0.182 e. The van der Waals surface area contributed by atoms with Crippen LogP contribution in [0.3, 0.4) is 0 Å². The number of fused-ring (bicyclic) bond motifs is 1. The van der Waals surface area contributed by atoms with Crippen LogP contribution in [-0.4, -0.2) is 15.2 Å². The van der Waals surface area contributed by atoms with Crippen LogP contribution < -0.4 is 0 Å². The van der Waals surface area contributed by atoms with Crippen molar-refractivity contribution in [2.45, 2.75) is 0 Å².